The van der Waals surface area contributed by atoms with Gasteiger partial charge in [0.15, 0.2) is 0 Å². The molecular formula is C19H21F2N3O5S. The monoisotopic (exact) mass is 441 g/mol. The molecule has 0 saturated carbocycles. The zero-order valence-corrected chi connectivity index (χ0v) is 17.4. The fourth-order valence-electron chi connectivity index (χ4n) is 3.43. The minimum atomic E-state index is -4.52. The van der Waals surface area contributed by atoms with Crippen molar-refractivity contribution < 1.29 is 26.9 Å². The van der Waals surface area contributed by atoms with Crippen molar-refractivity contribution in [1.29, 1.82) is 0 Å². The summed E-state index contributed by atoms with van der Waals surface area (Å²) in [6.45, 7) is 5.92. The quantitative estimate of drug-likeness (QED) is 0.562. The van der Waals surface area contributed by atoms with E-state index in [-0.39, 0.29) is 29.1 Å². The Balaban J connectivity index is 1.90. The number of sulfonamides is 1. The number of nitro benzene ring substituents is 1. The Morgan fingerprint density at radius 1 is 1.17 bits per heavy atom. The fraction of sp³-hybridized carbons (Fsp3) is 0.368. The lowest BCUT2D eigenvalue weighted by molar-refractivity contribution is -0.385. The molecule has 1 heterocycles. The van der Waals surface area contributed by atoms with Gasteiger partial charge in [0, 0.05) is 31.3 Å². The predicted octanol–water partition coefficient (Wildman–Crippen LogP) is 3.60. The van der Waals surface area contributed by atoms with Crippen molar-refractivity contribution in [1.82, 2.24) is 0 Å². The molecule has 1 saturated heterocycles. The highest BCUT2D eigenvalue weighted by Crippen LogP contribution is 2.29. The van der Waals surface area contributed by atoms with Gasteiger partial charge >= 0.3 is 0 Å². The number of nitrogens with zero attached hydrogens (tertiary/aromatic N) is 2. The average molecular weight is 441 g/mol. The first-order valence-electron chi connectivity index (χ1n) is 9.15. The van der Waals surface area contributed by atoms with Crippen molar-refractivity contribution in [2.75, 3.05) is 22.7 Å². The smallest absolute Gasteiger partial charge is 0.271 e. The Hall–Kier alpha value is -2.79. The zero-order valence-electron chi connectivity index (χ0n) is 16.6. The highest BCUT2D eigenvalue weighted by atomic mass is 32.2. The Labute approximate surface area is 172 Å². The van der Waals surface area contributed by atoms with E-state index < -0.39 is 37.2 Å². The van der Waals surface area contributed by atoms with Crippen LogP contribution in [0.4, 0.5) is 25.8 Å². The number of benzene rings is 2. The Morgan fingerprint density at radius 2 is 1.80 bits per heavy atom. The van der Waals surface area contributed by atoms with Crippen molar-refractivity contribution in [2.24, 2.45) is 0 Å². The summed E-state index contributed by atoms with van der Waals surface area (Å²) < 4.78 is 62.0. The number of morpholine rings is 1. The molecule has 1 aliphatic rings. The molecular weight excluding hydrogens is 420 g/mol. The van der Waals surface area contributed by atoms with E-state index >= 15 is 0 Å². The van der Waals surface area contributed by atoms with Crippen molar-refractivity contribution in [3.05, 3.63) is 57.6 Å². The van der Waals surface area contributed by atoms with E-state index in [2.05, 4.69) is 4.72 Å². The van der Waals surface area contributed by atoms with Crippen LogP contribution in [-0.2, 0) is 14.8 Å². The molecule has 3 rings (SSSR count). The van der Waals surface area contributed by atoms with Crippen LogP contribution in [0.2, 0.25) is 0 Å². The molecule has 2 aromatic rings. The average Bonchev–Trinajstić information content (AvgIpc) is 2.62. The summed E-state index contributed by atoms with van der Waals surface area (Å²) in [4.78, 5) is 11.1. The van der Waals surface area contributed by atoms with Crippen LogP contribution in [0.25, 0.3) is 0 Å². The van der Waals surface area contributed by atoms with Gasteiger partial charge in [-0.1, -0.05) is 0 Å². The van der Waals surface area contributed by atoms with Gasteiger partial charge in [0.05, 0.1) is 28.5 Å². The first-order valence-corrected chi connectivity index (χ1v) is 10.6. The number of non-ortho nitro benzene ring substituents is 1. The van der Waals surface area contributed by atoms with Crippen molar-refractivity contribution in [2.45, 2.75) is 37.9 Å². The fourth-order valence-corrected chi connectivity index (χ4v) is 4.65. The van der Waals surface area contributed by atoms with Crippen LogP contribution >= 0.6 is 0 Å². The van der Waals surface area contributed by atoms with E-state index in [1.54, 1.807) is 4.90 Å². The first-order chi connectivity index (χ1) is 14.0. The van der Waals surface area contributed by atoms with Gasteiger partial charge in [-0.2, -0.15) is 0 Å². The number of hydrogen-bond acceptors (Lipinski definition) is 6. The van der Waals surface area contributed by atoms with Gasteiger partial charge in [0.1, 0.15) is 16.5 Å². The van der Waals surface area contributed by atoms with Crippen molar-refractivity contribution in [3.8, 4) is 0 Å². The molecule has 30 heavy (non-hydrogen) atoms. The number of aryl methyl sites for hydroxylation is 1. The van der Waals surface area contributed by atoms with Gasteiger partial charge in [-0.15, -0.1) is 0 Å². The highest BCUT2D eigenvalue weighted by Gasteiger charge is 2.27. The summed E-state index contributed by atoms with van der Waals surface area (Å²) in [5.74, 6) is -1.77. The third-order valence-corrected chi connectivity index (χ3v) is 6.05. The molecule has 0 amide bonds. The number of nitrogens with one attached hydrogen (secondary N) is 1. The summed E-state index contributed by atoms with van der Waals surface area (Å²) >= 11 is 0. The molecule has 2 atom stereocenters. The Morgan fingerprint density at radius 3 is 2.37 bits per heavy atom. The number of rotatable bonds is 5. The molecule has 1 N–H and O–H groups in total. The van der Waals surface area contributed by atoms with Crippen molar-refractivity contribution in [3.63, 3.8) is 0 Å². The van der Waals surface area contributed by atoms with E-state index in [1.807, 2.05) is 13.8 Å². The van der Waals surface area contributed by atoms with Crippen LogP contribution in [0.1, 0.15) is 19.4 Å². The second-order valence-electron chi connectivity index (χ2n) is 7.27. The number of anilines is 2. The Bertz CT molecular complexity index is 1080. The molecule has 11 heteroatoms. The second kappa shape index (κ2) is 8.15. The van der Waals surface area contributed by atoms with E-state index in [9.17, 15) is 27.3 Å². The largest absolute Gasteiger partial charge is 0.372 e. The van der Waals surface area contributed by atoms with Crippen LogP contribution in [-0.4, -0.2) is 38.6 Å². The van der Waals surface area contributed by atoms with E-state index in [0.717, 1.165) is 12.1 Å². The lowest BCUT2D eigenvalue weighted by Gasteiger charge is -2.37. The molecule has 1 fully saturated rings. The predicted molar refractivity (Wildman–Crippen MR) is 107 cm³/mol. The lowest BCUT2D eigenvalue weighted by atomic mass is 10.2. The van der Waals surface area contributed by atoms with Crippen LogP contribution in [0.5, 0.6) is 0 Å². The molecule has 0 aromatic heterocycles. The van der Waals surface area contributed by atoms with Crippen molar-refractivity contribution >= 4 is 27.1 Å². The maximum atomic E-state index is 14.7. The third kappa shape index (κ3) is 4.51. The second-order valence-corrected chi connectivity index (χ2v) is 8.92. The molecule has 2 aromatic carbocycles. The summed E-state index contributed by atoms with van der Waals surface area (Å²) in [5.41, 5.74) is -0.598. The first kappa shape index (κ1) is 21.9. The maximum Gasteiger partial charge on any atom is 0.271 e. The van der Waals surface area contributed by atoms with Gasteiger partial charge in [-0.25, -0.2) is 17.2 Å². The van der Waals surface area contributed by atoms with Crippen LogP contribution in [0, 0.1) is 28.7 Å². The summed E-state index contributed by atoms with van der Waals surface area (Å²) in [6.07, 6.45) is -0.183. The molecule has 0 unspecified atom stereocenters. The standard InChI is InChI=1S/C19H21F2N3O5S/c1-11-6-15(24(25)26)8-18(19(11)21)30(27,28)22-14-4-5-17(16(20)7-14)23-9-12(2)29-13(3)10-23/h4-8,12-13,22H,9-10H2,1-3H3/t12-,13+. The summed E-state index contributed by atoms with van der Waals surface area (Å²) in [6, 6.07) is 5.33. The molecule has 162 valence electrons. The minimum Gasteiger partial charge on any atom is -0.372 e. The molecule has 1 aliphatic heterocycles. The molecule has 0 radical (unpaired) electrons. The SMILES string of the molecule is Cc1cc([N+](=O)[O-])cc(S(=O)(=O)Nc2ccc(N3C[C@@H](C)O[C@@H](C)C3)c(F)c2)c1F. The lowest BCUT2D eigenvalue weighted by Crippen LogP contribution is -2.45. The minimum absolute atomic E-state index is 0.0913. The van der Waals surface area contributed by atoms with Gasteiger partial charge in [-0.05, 0) is 38.5 Å². The number of ether oxygens (including phenoxy) is 1. The molecule has 0 bridgehead atoms. The summed E-state index contributed by atoms with van der Waals surface area (Å²) in [5, 5.41) is 11.0. The zero-order chi connectivity index (χ0) is 22.2. The summed E-state index contributed by atoms with van der Waals surface area (Å²) in [7, 11) is -4.52. The third-order valence-electron chi connectivity index (χ3n) is 4.67. The normalized spacial score (nSPS) is 19.6. The molecule has 8 nitrogen and oxygen atoms in total. The van der Waals surface area contributed by atoms with Crippen LogP contribution < -0.4 is 9.62 Å². The highest BCUT2D eigenvalue weighted by molar-refractivity contribution is 7.92. The number of hydrogen-bond donors (Lipinski definition) is 1. The van der Waals surface area contributed by atoms with E-state index in [4.69, 9.17) is 4.74 Å². The van der Waals surface area contributed by atoms with Gasteiger partial charge in [0.25, 0.3) is 15.7 Å². The van der Waals surface area contributed by atoms with Gasteiger partial charge in [-0.3, -0.25) is 14.8 Å². The van der Waals surface area contributed by atoms with Crippen LogP contribution in [0.3, 0.4) is 0 Å². The maximum absolute atomic E-state index is 14.7. The molecule has 0 spiro atoms. The number of halogens is 2. The van der Waals surface area contributed by atoms with Gasteiger partial charge < -0.3 is 9.64 Å². The Kier molecular flexibility index (Phi) is 5.95. The van der Waals surface area contributed by atoms with E-state index in [1.165, 1.54) is 19.1 Å². The van der Waals surface area contributed by atoms with E-state index in [0.29, 0.717) is 19.2 Å². The van der Waals surface area contributed by atoms with Gasteiger partial charge in [0.2, 0.25) is 0 Å². The number of nitro groups is 1. The van der Waals surface area contributed by atoms with Crippen LogP contribution in [0.15, 0.2) is 35.2 Å². The molecule has 0 aliphatic carbocycles. The topological polar surface area (TPSA) is 102 Å².